The second-order valence-corrected chi connectivity index (χ2v) is 5.12. The molecule has 2 bridgehead atoms. The molecule has 3 atom stereocenters. The van der Waals surface area contributed by atoms with Crippen LogP contribution in [-0.4, -0.2) is 34.7 Å². The number of benzene rings is 1. The van der Waals surface area contributed by atoms with Crippen LogP contribution in [0.3, 0.4) is 0 Å². The monoisotopic (exact) mass is 261 g/mol. The number of hydrogen-bond donors (Lipinski definition) is 1. The molecule has 0 aromatic heterocycles. The number of carbonyl (C=O) groups excluding carboxylic acids is 1. The smallest absolute Gasteiger partial charge is 0.410 e. The Labute approximate surface area is 110 Å². The second-order valence-electron chi connectivity index (χ2n) is 5.12. The first kappa shape index (κ1) is 12.0. The Balaban J connectivity index is 1.56. The van der Waals surface area contributed by atoms with Crippen LogP contribution in [0.15, 0.2) is 30.3 Å². The topological polar surface area (TPSA) is 66.8 Å². The largest absolute Gasteiger partial charge is 0.481 e. The van der Waals surface area contributed by atoms with Gasteiger partial charge < -0.3 is 14.7 Å². The second kappa shape index (κ2) is 4.57. The summed E-state index contributed by atoms with van der Waals surface area (Å²) in [6.45, 7) is 0.737. The van der Waals surface area contributed by atoms with Crippen molar-refractivity contribution in [3.05, 3.63) is 35.9 Å². The first-order valence-corrected chi connectivity index (χ1v) is 6.37. The fourth-order valence-corrected chi connectivity index (χ4v) is 3.00. The Hall–Kier alpha value is -2.04. The van der Waals surface area contributed by atoms with Crippen LogP contribution in [0.5, 0.6) is 0 Å². The quantitative estimate of drug-likeness (QED) is 0.899. The minimum atomic E-state index is -0.806. The van der Waals surface area contributed by atoms with E-state index in [0.717, 1.165) is 12.0 Å². The van der Waals surface area contributed by atoms with Crippen molar-refractivity contribution in [1.29, 1.82) is 0 Å². The molecular formula is C14H15NO4. The predicted molar refractivity (Wildman–Crippen MR) is 66.4 cm³/mol. The fourth-order valence-electron chi connectivity index (χ4n) is 3.00. The van der Waals surface area contributed by atoms with E-state index in [2.05, 4.69) is 0 Å². The van der Waals surface area contributed by atoms with E-state index < -0.39 is 18.0 Å². The average Bonchev–Trinajstić information content (AvgIpc) is 2.95. The molecule has 3 aliphatic rings. The Morgan fingerprint density at radius 1 is 1.32 bits per heavy atom. The molecule has 1 amide bonds. The minimum Gasteiger partial charge on any atom is -0.481 e. The van der Waals surface area contributed by atoms with Crippen molar-refractivity contribution in [2.24, 2.45) is 11.8 Å². The van der Waals surface area contributed by atoms with E-state index in [-0.39, 0.29) is 18.6 Å². The van der Waals surface area contributed by atoms with Gasteiger partial charge in [-0.2, -0.15) is 0 Å². The van der Waals surface area contributed by atoms with Gasteiger partial charge in [0, 0.05) is 12.6 Å². The number of carboxylic acids is 1. The number of fused-ring (bicyclic) bond motifs is 1. The van der Waals surface area contributed by atoms with Gasteiger partial charge >= 0.3 is 12.1 Å². The van der Waals surface area contributed by atoms with Crippen LogP contribution in [-0.2, 0) is 16.1 Å². The summed E-state index contributed by atoms with van der Waals surface area (Å²) in [6.07, 6.45) is 0.386. The van der Waals surface area contributed by atoms with E-state index in [4.69, 9.17) is 9.84 Å². The lowest BCUT2D eigenvalue weighted by Crippen LogP contribution is -2.45. The van der Waals surface area contributed by atoms with Gasteiger partial charge in [-0.25, -0.2) is 4.79 Å². The summed E-state index contributed by atoms with van der Waals surface area (Å²) in [7, 11) is 0. The van der Waals surface area contributed by atoms with Crippen molar-refractivity contribution in [3.63, 3.8) is 0 Å². The van der Waals surface area contributed by atoms with Crippen molar-refractivity contribution in [2.75, 3.05) is 6.54 Å². The van der Waals surface area contributed by atoms with E-state index in [0.29, 0.717) is 6.54 Å². The summed E-state index contributed by atoms with van der Waals surface area (Å²) in [4.78, 5) is 24.5. The molecule has 2 heterocycles. The number of aliphatic carboxylic acids is 1. The summed E-state index contributed by atoms with van der Waals surface area (Å²) in [5, 5.41) is 9.04. The Kier molecular flexibility index (Phi) is 2.89. The van der Waals surface area contributed by atoms with Gasteiger partial charge in [0.1, 0.15) is 6.61 Å². The van der Waals surface area contributed by atoms with Crippen molar-refractivity contribution in [1.82, 2.24) is 4.90 Å². The molecule has 2 aliphatic heterocycles. The number of hydrogen-bond acceptors (Lipinski definition) is 3. The van der Waals surface area contributed by atoms with E-state index >= 15 is 0 Å². The SMILES string of the molecule is O=C(O)C1C2CC1N(C(=O)OCc1ccccc1)C2. The Morgan fingerprint density at radius 2 is 2.05 bits per heavy atom. The molecule has 3 fully saturated rings. The zero-order chi connectivity index (χ0) is 13.4. The molecule has 0 radical (unpaired) electrons. The zero-order valence-electron chi connectivity index (χ0n) is 10.4. The third kappa shape index (κ3) is 2.05. The maximum absolute atomic E-state index is 11.9. The van der Waals surface area contributed by atoms with E-state index in [9.17, 15) is 9.59 Å². The van der Waals surface area contributed by atoms with Crippen molar-refractivity contribution in [2.45, 2.75) is 19.1 Å². The van der Waals surface area contributed by atoms with Crippen molar-refractivity contribution in [3.8, 4) is 0 Å². The fraction of sp³-hybridized carbons (Fsp3) is 0.429. The van der Waals surface area contributed by atoms with Gasteiger partial charge in [0.05, 0.1) is 5.92 Å². The molecule has 5 nitrogen and oxygen atoms in total. The van der Waals surface area contributed by atoms with Crippen LogP contribution < -0.4 is 0 Å². The van der Waals surface area contributed by atoms with Gasteiger partial charge in [-0.05, 0) is 17.9 Å². The van der Waals surface area contributed by atoms with Crippen molar-refractivity contribution >= 4 is 12.1 Å². The molecule has 1 N–H and O–H groups in total. The lowest BCUT2D eigenvalue weighted by Gasteiger charge is -2.32. The molecule has 3 unspecified atom stereocenters. The molecule has 1 aromatic carbocycles. The highest BCUT2D eigenvalue weighted by atomic mass is 16.6. The Morgan fingerprint density at radius 3 is 2.68 bits per heavy atom. The molecular weight excluding hydrogens is 246 g/mol. The van der Waals surface area contributed by atoms with E-state index in [1.54, 1.807) is 4.90 Å². The summed E-state index contributed by atoms with van der Waals surface area (Å²) >= 11 is 0. The maximum atomic E-state index is 11.9. The summed E-state index contributed by atoms with van der Waals surface area (Å²) in [5.74, 6) is -1.10. The summed E-state index contributed by atoms with van der Waals surface area (Å²) < 4.78 is 5.23. The number of rotatable bonds is 3. The van der Waals surface area contributed by atoms with Crippen molar-refractivity contribution < 1.29 is 19.4 Å². The standard InChI is InChI=1S/C14H15NO4/c16-13(17)12-10-6-11(12)15(7-10)14(18)19-8-9-4-2-1-3-5-9/h1-5,10-12H,6-8H2,(H,16,17). The highest BCUT2D eigenvalue weighted by molar-refractivity contribution is 5.77. The summed E-state index contributed by atoms with van der Waals surface area (Å²) in [6, 6.07) is 9.27. The van der Waals surface area contributed by atoms with Gasteiger partial charge in [-0.1, -0.05) is 30.3 Å². The third-order valence-corrected chi connectivity index (χ3v) is 4.02. The number of carboxylic acid groups (broad SMARTS) is 1. The first-order chi connectivity index (χ1) is 9.16. The van der Waals surface area contributed by atoms with Crippen LogP contribution >= 0.6 is 0 Å². The molecule has 19 heavy (non-hydrogen) atoms. The van der Waals surface area contributed by atoms with Crippen LogP contribution in [0.2, 0.25) is 0 Å². The zero-order valence-corrected chi connectivity index (χ0v) is 10.4. The molecule has 100 valence electrons. The highest BCUT2D eigenvalue weighted by Crippen LogP contribution is 2.46. The molecule has 5 heteroatoms. The molecule has 1 aliphatic carbocycles. The number of amides is 1. The number of carbonyl (C=O) groups is 2. The normalized spacial score (nSPS) is 27.8. The van der Waals surface area contributed by atoms with Crippen LogP contribution in [0.25, 0.3) is 0 Å². The average molecular weight is 261 g/mol. The van der Waals surface area contributed by atoms with Gasteiger partial charge in [0.25, 0.3) is 0 Å². The lowest BCUT2D eigenvalue weighted by atomic mass is 9.74. The van der Waals surface area contributed by atoms with Crippen LogP contribution in [0.4, 0.5) is 4.79 Å². The molecule has 1 aromatic rings. The molecule has 2 saturated heterocycles. The molecule has 1 saturated carbocycles. The van der Waals surface area contributed by atoms with E-state index in [1.165, 1.54) is 0 Å². The highest BCUT2D eigenvalue weighted by Gasteiger charge is 2.57. The minimum absolute atomic E-state index is 0.103. The lowest BCUT2D eigenvalue weighted by molar-refractivity contribution is -0.147. The van der Waals surface area contributed by atoms with Crippen LogP contribution in [0, 0.1) is 11.8 Å². The summed E-state index contributed by atoms with van der Waals surface area (Å²) in [5.41, 5.74) is 0.928. The van der Waals surface area contributed by atoms with Gasteiger partial charge in [0.2, 0.25) is 0 Å². The van der Waals surface area contributed by atoms with E-state index in [1.807, 2.05) is 30.3 Å². The molecule has 4 rings (SSSR count). The van der Waals surface area contributed by atoms with Crippen LogP contribution in [0.1, 0.15) is 12.0 Å². The third-order valence-electron chi connectivity index (χ3n) is 4.02. The maximum Gasteiger partial charge on any atom is 0.410 e. The van der Waals surface area contributed by atoms with Gasteiger partial charge in [-0.15, -0.1) is 0 Å². The predicted octanol–water partition coefficient (Wildman–Crippen LogP) is 1.73. The first-order valence-electron chi connectivity index (χ1n) is 6.37. The molecule has 0 spiro atoms. The number of nitrogens with zero attached hydrogens (tertiary/aromatic N) is 1. The van der Waals surface area contributed by atoms with Gasteiger partial charge in [0.15, 0.2) is 0 Å². The number of ether oxygens (including phenoxy) is 1. The van der Waals surface area contributed by atoms with Gasteiger partial charge in [-0.3, -0.25) is 4.79 Å². The Bertz CT molecular complexity index is 501.